The van der Waals surface area contributed by atoms with E-state index in [1.807, 2.05) is 63.2 Å². The zero-order chi connectivity index (χ0) is 24.4. The summed E-state index contributed by atoms with van der Waals surface area (Å²) in [7, 11) is 3.07. The molecule has 33 heavy (non-hydrogen) atoms. The van der Waals surface area contributed by atoms with Crippen molar-refractivity contribution in [3.8, 4) is 16.9 Å². The lowest BCUT2D eigenvalue weighted by Gasteiger charge is -2.24. The SMILES string of the molecule is CCCCOc1cc(/C=C/C(=O)OC)ccc1-c1cccc(CN(C)C(=O)OC(C)(C)C)c1. The van der Waals surface area contributed by atoms with E-state index in [2.05, 4.69) is 11.7 Å². The molecule has 2 rings (SSSR count). The number of esters is 1. The summed E-state index contributed by atoms with van der Waals surface area (Å²) < 4.78 is 16.2. The molecule has 0 saturated carbocycles. The molecule has 0 aliphatic heterocycles. The van der Waals surface area contributed by atoms with Crippen molar-refractivity contribution in [3.05, 3.63) is 59.7 Å². The summed E-state index contributed by atoms with van der Waals surface area (Å²) in [5.74, 6) is 0.336. The van der Waals surface area contributed by atoms with Crippen LogP contribution in [-0.2, 0) is 20.8 Å². The number of hydrogen-bond acceptors (Lipinski definition) is 5. The lowest BCUT2D eigenvalue weighted by atomic mass is 10.00. The third-order valence-electron chi connectivity index (χ3n) is 4.74. The van der Waals surface area contributed by atoms with E-state index in [1.165, 1.54) is 13.2 Å². The van der Waals surface area contributed by atoms with Gasteiger partial charge in [-0.15, -0.1) is 0 Å². The molecule has 0 unspecified atom stereocenters. The second-order valence-corrected chi connectivity index (χ2v) is 8.85. The van der Waals surface area contributed by atoms with Crippen molar-refractivity contribution >= 4 is 18.1 Å². The molecule has 6 nitrogen and oxygen atoms in total. The maximum atomic E-state index is 12.3. The number of nitrogens with zero attached hydrogens (tertiary/aromatic N) is 1. The summed E-state index contributed by atoms with van der Waals surface area (Å²) >= 11 is 0. The van der Waals surface area contributed by atoms with Gasteiger partial charge in [-0.3, -0.25) is 0 Å². The summed E-state index contributed by atoms with van der Waals surface area (Å²) in [5, 5.41) is 0. The topological polar surface area (TPSA) is 65.1 Å². The summed E-state index contributed by atoms with van der Waals surface area (Å²) in [6.45, 7) is 8.70. The van der Waals surface area contributed by atoms with Crippen molar-refractivity contribution < 1.29 is 23.8 Å². The molecule has 178 valence electrons. The molecule has 0 heterocycles. The number of carbonyl (C=O) groups is 2. The van der Waals surface area contributed by atoms with Gasteiger partial charge in [0.15, 0.2) is 0 Å². The van der Waals surface area contributed by atoms with Gasteiger partial charge in [-0.2, -0.15) is 0 Å². The quantitative estimate of drug-likeness (QED) is 0.261. The van der Waals surface area contributed by atoms with E-state index in [1.54, 1.807) is 18.0 Å². The van der Waals surface area contributed by atoms with E-state index >= 15 is 0 Å². The fraction of sp³-hybridized carbons (Fsp3) is 0.407. The normalized spacial score (nSPS) is 11.3. The molecule has 0 aromatic heterocycles. The molecule has 0 radical (unpaired) electrons. The molecular weight excluding hydrogens is 418 g/mol. The van der Waals surface area contributed by atoms with Gasteiger partial charge in [0.2, 0.25) is 0 Å². The first kappa shape index (κ1) is 26.0. The first-order valence-corrected chi connectivity index (χ1v) is 11.2. The molecule has 0 spiro atoms. The standard InChI is InChI=1S/C27H35NO5/c1-7-8-16-32-24-18-20(13-15-25(29)31-6)12-14-23(24)22-11-9-10-21(17-22)19-28(5)26(30)33-27(2,3)4/h9-15,17-18H,7-8,16,19H2,1-6H3/b15-13+. The van der Waals surface area contributed by atoms with Gasteiger partial charge >= 0.3 is 12.1 Å². The zero-order valence-electron chi connectivity index (χ0n) is 20.5. The van der Waals surface area contributed by atoms with Crippen LogP contribution in [0, 0.1) is 0 Å². The molecule has 2 aromatic carbocycles. The third-order valence-corrected chi connectivity index (χ3v) is 4.74. The Hall–Kier alpha value is -3.28. The molecule has 2 aromatic rings. The van der Waals surface area contributed by atoms with Gasteiger partial charge in [-0.25, -0.2) is 9.59 Å². The Kier molecular flexibility index (Phi) is 9.52. The smallest absolute Gasteiger partial charge is 0.410 e. The third kappa shape index (κ3) is 8.64. The number of amides is 1. The number of hydrogen-bond donors (Lipinski definition) is 0. The van der Waals surface area contributed by atoms with Crippen LogP contribution in [0.15, 0.2) is 48.5 Å². The highest BCUT2D eigenvalue weighted by atomic mass is 16.6. The molecule has 0 bridgehead atoms. The Bertz CT molecular complexity index is 975. The predicted molar refractivity (Wildman–Crippen MR) is 131 cm³/mol. The van der Waals surface area contributed by atoms with Crippen LogP contribution in [0.3, 0.4) is 0 Å². The van der Waals surface area contributed by atoms with Crippen LogP contribution in [0.5, 0.6) is 5.75 Å². The number of carbonyl (C=O) groups excluding carboxylic acids is 2. The van der Waals surface area contributed by atoms with Gasteiger partial charge in [-0.05, 0) is 62.1 Å². The molecule has 6 heteroatoms. The lowest BCUT2D eigenvalue weighted by Crippen LogP contribution is -2.33. The number of benzene rings is 2. The predicted octanol–water partition coefficient (Wildman–Crippen LogP) is 6.09. The highest BCUT2D eigenvalue weighted by Gasteiger charge is 2.20. The van der Waals surface area contributed by atoms with Gasteiger partial charge in [0, 0.05) is 25.2 Å². The maximum Gasteiger partial charge on any atom is 0.410 e. The van der Waals surface area contributed by atoms with E-state index in [-0.39, 0.29) is 6.09 Å². The molecule has 0 atom stereocenters. The summed E-state index contributed by atoms with van der Waals surface area (Å²) in [6.07, 6.45) is 4.71. The number of rotatable bonds is 9. The van der Waals surface area contributed by atoms with Crippen LogP contribution < -0.4 is 4.74 Å². The Morgan fingerprint density at radius 1 is 1.09 bits per heavy atom. The van der Waals surface area contributed by atoms with Crippen LogP contribution >= 0.6 is 0 Å². The minimum Gasteiger partial charge on any atom is -0.493 e. The van der Waals surface area contributed by atoms with Gasteiger partial charge in [-0.1, -0.05) is 43.7 Å². The molecule has 0 aliphatic rings. The minimum atomic E-state index is -0.540. The Labute approximate surface area is 197 Å². The molecular formula is C27H35NO5. The van der Waals surface area contributed by atoms with Gasteiger partial charge in [0.25, 0.3) is 0 Å². The van der Waals surface area contributed by atoms with Crippen molar-refractivity contribution in [1.29, 1.82) is 0 Å². The van der Waals surface area contributed by atoms with E-state index in [9.17, 15) is 9.59 Å². The molecule has 0 saturated heterocycles. The maximum absolute atomic E-state index is 12.3. The first-order chi connectivity index (χ1) is 15.6. The Balaban J connectivity index is 2.29. The van der Waals surface area contributed by atoms with Crippen LogP contribution in [0.4, 0.5) is 4.79 Å². The monoisotopic (exact) mass is 453 g/mol. The van der Waals surface area contributed by atoms with Crippen molar-refractivity contribution in [1.82, 2.24) is 4.90 Å². The fourth-order valence-corrected chi connectivity index (χ4v) is 3.07. The number of methoxy groups -OCH3 is 1. The number of ether oxygens (including phenoxy) is 3. The highest BCUT2D eigenvalue weighted by molar-refractivity contribution is 5.87. The van der Waals surface area contributed by atoms with Crippen LogP contribution in [0.1, 0.15) is 51.7 Å². The molecule has 1 amide bonds. The van der Waals surface area contributed by atoms with Crippen LogP contribution in [0.25, 0.3) is 17.2 Å². The van der Waals surface area contributed by atoms with Crippen molar-refractivity contribution in [2.75, 3.05) is 20.8 Å². The highest BCUT2D eigenvalue weighted by Crippen LogP contribution is 2.32. The second-order valence-electron chi connectivity index (χ2n) is 8.85. The zero-order valence-corrected chi connectivity index (χ0v) is 20.5. The second kappa shape index (κ2) is 12.1. The minimum absolute atomic E-state index is 0.363. The molecule has 0 fully saturated rings. The molecule has 0 aliphatic carbocycles. The largest absolute Gasteiger partial charge is 0.493 e. The average Bonchev–Trinajstić information content (AvgIpc) is 2.76. The van der Waals surface area contributed by atoms with Crippen molar-refractivity contribution in [2.24, 2.45) is 0 Å². The first-order valence-electron chi connectivity index (χ1n) is 11.2. The van der Waals surface area contributed by atoms with Gasteiger partial charge < -0.3 is 19.1 Å². The fourth-order valence-electron chi connectivity index (χ4n) is 3.07. The summed E-state index contributed by atoms with van der Waals surface area (Å²) in [5.41, 5.74) is 3.22. The lowest BCUT2D eigenvalue weighted by molar-refractivity contribution is -0.134. The van der Waals surface area contributed by atoms with Gasteiger partial charge in [0.1, 0.15) is 11.4 Å². The summed E-state index contributed by atoms with van der Waals surface area (Å²) in [4.78, 5) is 25.3. The Morgan fingerprint density at radius 3 is 2.52 bits per heavy atom. The van der Waals surface area contributed by atoms with Crippen molar-refractivity contribution in [2.45, 2.75) is 52.7 Å². The molecule has 0 N–H and O–H groups in total. The Morgan fingerprint density at radius 2 is 1.85 bits per heavy atom. The van der Waals surface area contributed by atoms with E-state index in [4.69, 9.17) is 9.47 Å². The number of unbranched alkanes of at least 4 members (excludes halogenated alkanes) is 1. The van der Waals surface area contributed by atoms with E-state index in [0.717, 1.165) is 40.8 Å². The summed E-state index contributed by atoms with van der Waals surface area (Å²) in [6, 6.07) is 13.8. The average molecular weight is 454 g/mol. The van der Waals surface area contributed by atoms with E-state index < -0.39 is 11.6 Å². The van der Waals surface area contributed by atoms with Crippen LogP contribution in [-0.4, -0.2) is 43.3 Å². The van der Waals surface area contributed by atoms with Crippen LogP contribution in [0.2, 0.25) is 0 Å². The van der Waals surface area contributed by atoms with E-state index in [0.29, 0.717) is 13.2 Å². The van der Waals surface area contributed by atoms with Crippen molar-refractivity contribution in [3.63, 3.8) is 0 Å². The van der Waals surface area contributed by atoms with Gasteiger partial charge in [0.05, 0.1) is 13.7 Å².